The number of hydrogen-bond donors (Lipinski definition) is 2. The normalized spacial score (nSPS) is 17.4. The van der Waals surface area contributed by atoms with E-state index in [0.29, 0.717) is 42.2 Å². The van der Waals surface area contributed by atoms with Crippen molar-refractivity contribution in [2.24, 2.45) is 5.92 Å². The Balaban J connectivity index is 1.60. The second-order valence-electron chi connectivity index (χ2n) is 10.1. The van der Waals surface area contributed by atoms with Gasteiger partial charge in [0.05, 0.1) is 28.5 Å². The van der Waals surface area contributed by atoms with Crippen LogP contribution in [0.5, 0.6) is 5.75 Å². The lowest BCUT2D eigenvalue weighted by molar-refractivity contribution is -0.123. The Hall–Kier alpha value is -3.87. The molecule has 4 rings (SSSR count). The number of benzene rings is 1. The fraction of sp³-hybridized carbons (Fsp3) is 0.481. The minimum atomic E-state index is -0.859. The van der Waals surface area contributed by atoms with E-state index in [1.165, 1.54) is 23.5 Å². The van der Waals surface area contributed by atoms with E-state index in [9.17, 15) is 18.8 Å². The molecule has 3 aromatic rings. The van der Waals surface area contributed by atoms with Crippen LogP contribution in [0.25, 0.3) is 0 Å². The lowest BCUT2D eigenvalue weighted by atomic mass is 10.0. The minimum Gasteiger partial charge on any atom is -0.491 e. The number of ether oxygens (including phenoxy) is 1. The van der Waals surface area contributed by atoms with Crippen LogP contribution in [0.2, 0.25) is 0 Å². The van der Waals surface area contributed by atoms with Crippen molar-refractivity contribution in [2.75, 3.05) is 26.2 Å². The number of nitrogens with one attached hydrogen (secondary N) is 2. The number of carbonyl (C=O) groups is 3. The van der Waals surface area contributed by atoms with Gasteiger partial charge < -0.3 is 20.3 Å². The van der Waals surface area contributed by atoms with Crippen LogP contribution in [-0.4, -0.2) is 74.9 Å². The molecule has 1 atom stereocenters. The molecule has 13 heteroatoms. The molecule has 2 bridgehead atoms. The van der Waals surface area contributed by atoms with Gasteiger partial charge in [-0.15, -0.1) is 16.4 Å². The van der Waals surface area contributed by atoms with E-state index in [4.69, 9.17) is 4.74 Å². The topological polar surface area (TPSA) is 131 Å². The summed E-state index contributed by atoms with van der Waals surface area (Å²) in [6.07, 6.45) is 2.61. The Bertz CT molecular complexity index is 1370. The van der Waals surface area contributed by atoms with E-state index < -0.39 is 17.8 Å². The predicted octanol–water partition coefficient (Wildman–Crippen LogP) is 2.53. The molecule has 2 N–H and O–H groups in total. The van der Waals surface area contributed by atoms with Gasteiger partial charge in [-0.25, -0.2) is 14.1 Å². The van der Waals surface area contributed by atoms with Crippen LogP contribution in [0, 0.1) is 25.6 Å². The van der Waals surface area contributed by atoms with Gasteiger partial charge in [-0.05, 0) is 44.4 Å². The number of thiazole rings is 1. The predicted molar refractivity (Wildman–Crippen MR) is 147 cm³/mol. The molecule has 40 heavy (non-hydrogen) atoms. The van der Waals surface area contributed by atoms with Gasteiger partial charge in [-0.1, -0.05) is 19.1 Å². The van der Waals surface area contributed by atoms with Crippen molar-refractivity contribution in [1.82, 2.24) is 35.5 Å². The van der Waals surface area contributed by atoms with Crippen LogP contribution in [0.4, 0.5) is 4.39 Å². The van der Waals surface area contributed by atoms with Crippen molar-refractivity contribution in [2.45, 2.75) is 53.1 Å². The lowest BCUT2D eigenvalue weighted by Gasteiger charge is -2.24. The first-order chi connectivity index (χ1) is 19.1. The number of aromatic nitrogens is 4. The Morgan fingerprint density at radius 1 is 1.23 bits per heavy atom. The summed E-state index contributed by atoms with van der Waals surface area (Å²) >= 11 is 1.34. The lowest BCUT2D eigenvalue weighted by Crippen LogP contribution is -2.49. The number of fused-ring (bicyclic) bond motifs is 3. The van der Waals surface area contributed by atoms with E-state index in [0.717, 1.165) is 11.1 Å². The van der Waals surface area contributed by atoms with Gasteiger partial charge >= 0.3 is 0 Å². The summed E-state index contributed by atoms with van der Waals surface area (Å²) < 4.78 is 21.5. The summed E-state index contributed by atoms with van der Waals surface area (Å²) in [5.41, 5.74) is 1.35. The maximum absolute atomic E-state index is 14.1. The maximum Gasteiger partial charge on any atom is 0.265 e. The molecule has 0 spiro atoms. The van der Waals surface area contributed by atoms with E-state index >= 15 is 0 Å². The third-order valence-electron chi connectivity index (χ3n) is 6.38. The Morgan fingerprint density at radius 3 is 2.75 bits per heavy atom. The molecule has 3 amide bonds. The van der Waals surface area contributed by atoms with Gasteiger partial charge in [0.15, 0.2) is 0 Å². The van der Waals surface area contributed by atoms with Crippen LogP contribution in [0.3, 0.4) is 0 Å². The molecule has 0 unspecified atom stereocenters. The van der Waals surface area contributed by atoms with Gasteiger partial charge in [-0.3, -0.25) is 14.4 Å². The number of halogens is 1. The zero-order valence-electron chi connectivity index (χ0n) is 23.1. The number of amides is 3. The van der Waals surface area contributed by atoms with Crippen LogP contribution in [0.15, 0.2) is 24.4 Å². The molecule has 2 aromatic heterocycles. The summed E-state index contributed by atoms with van der Waals surface area (Å²) in [6, 6.07) is 2.84. The smallest absolute Gasteiger partial charge is 0.265 e. The summed E-state index contributed by atoms with van der Waals surface area (Å²) in [5, 5.41) is 14.7. The summed E-state index contributed by atoms with van der Waals surface area (Å²) in [5.74, 6) is -1.47. The molecular formula is C27H34FN7O4S. The SMILES string of the molecule is Cc1nc(C)c(C(=O)N2CCNC(=O)[C@@H](CC(C)C)NC(=O)c3cc(F)ccc3OCCn3cc(nn3)CC2)s1. The Labute approximate surface area is 236 Å². The highest BCUT2D eigenvalue weighted by Gasteiger charge is 2.26. The Kier molecular flexibility index (Phi) is 9.46. The first-order valence-corrected chi connectivity index (χ1v) is 14.1. The summed E-state index contributed by atoms with van der Waals surface area (Å²) in [4.78, 5) is 46.4. The maximum atomic E-state index is 14.1. The molecular weight excluding hydrogens is 537 g/mol. The van der Waals surface area contributed by atoms with Crippen LogP contribution < -0.4 is 15.4 Å². The van der Waals surface area contributed by atoms with E-state index in [2.05, 4.69) is 25.9 Å². The van der Waals surface area contributed by atoms with Gasteiger partial charge in [-0.2, -0.15) is 0 Å². The number of hydrogen-bond acceptors (Lipinski definition) is 8. The van der Waals surface area contributed by atoms with Crippen LogP contribution >= 0.6 is 11.3 Å². The third-order valence-corrected chi connectivity index (χ3v) is 7.44. The largest absolute Gasteiger partial charge is 0.491 e. The number of carbonyl (C=O) groups excluding carboxylic acids is 3. The second-order valence-corrected chi connectivity index (χ2v) is 11.3. The van der Waals surface area contributed by atoms with Gasteiger partial charge in [0.25, 0.3) is 11.8 Å². The summed E-state index contributed by atoms with van der Waals surface area (Å²) in [6.45, 7) is 8.82. The number of aryl methyl sites for hydroxylation is 2. The zero-order valence-corrected chi connectivity index (χ0v) is 23.9. The fourth-order valence-corrected chi connectivity index (χ4v) is 5.32. The molecule has 0 radical (unpaired) electrons. The first kappa shape index (κ1) is 29.1. The first-order valence-electron chi connectivity index (χ1n) is 13.2. The van der Waals surface area contributed by atoms with E-state index in [1.807, 2.05) is 20.8 Å². The molecule has 1 aliphatic heterocycles. The molecule has 0 fully saturated rings. The monoisotopic (exact) mass is 571 g/mol. The van der Waals surface area contributed by atoms with Gasteiger partial charge in [0.1, 0.15) is 29.1 Å². The van der Waals surface area contributed by atoms with Crippen LogP contribution in [0.1, 0.15) is 56.7 Å². The van der Waals surface area contributed by atoms with Crippen molar-refractivity contribution >= 4 is 29.1 Å². The standard InChI is InChI=1S/C27H34FN7O4S/c1-16(2)13-22-26(37)29-8-10-34(27(38)24-17(3)30-18(4)40-24)9-7-20-15-35(33-32-20)11-12-39-23-6-5-19(28)14-21(23)25(36)31-22/h5-6,14-16,22H,7-13H2,1-4H3,(H,29,37)(H,31,36)/t22-/m1/s1. The van der Waals surface area contributed by atoms with Crippen molar-refractivity contribution in [3.05, 3.63) is 57.0 Å². The molecule has 0 aliphatic carbocycles. The molecule has 11 nitrogen and oxygen atoms in total. The highest BCUT2D eigenvalue weighted by molar-refractivity contribution is 7.13. The molecule has 3 heterocycles. The third kappa shape index (κ3) is 7.40. The number of nitrogens with zero attached hydrogens (tertiary/aromatic N) is 5. The van der Waals surface area contributed by atoms with Crippen molar-refractivity contribution in [3.8, 4) is 5.75 Å². The summed E-state index contributed by atoms with van der Waals surface area (Å²) in [7, 11) is 0. The minimum absolute atomic E-state index is 0.00561. The van der Waals surface area contributed by atoms with Gasteiger partial charge in [0, 0.05) is 32.3 Å². The Morgan fingerprint density at radius 2 is 2.02 bits per heavy atom. The second kappa shape index (κ2) is 13.0. The molecule has 1 aliphatic rings. The van der Waals surface area contributed by atoms with E-state index in [-0.39, 0.29) is 48.7 Å². The quantitative estimate of drug-likeness (QED) is 0.494. The van der Waals surface area contributed by atoms with Crippen LogP contribution in [-0.2, 0) is 17.8 Å². The molecule has 1 aromatic carbocycles. The zero-order chi connectivity index (χ0) is 28.8. The molecule has 0 saturated carbocycles. The van der Waals surface area contributed by atoms with Gasteiger partial charge in [0.2, 0.25) is 5.91 Å². The molecule has 0 saturated heterocycles. The van der Waals surface area contributed by atoms with Crippen molar-refractivity contribution in [1.29, 1.82) is 0 Å². The highest BCUT2D eigenvalue weighted by atomic mass is 32.1. The number of rotatable bonds is 3. The molecule has 214 valence electrons. The van der Waals surface area contributed by atoms with Crippen molar-refractivity contribution < 1.29 is 23.5 Å². The highest BCUT2D eigenvalue weighted by Crippen LogP contribution is 2.22. The average molecular weight is 572 g/mol. The average Bonchev–Trinajstić information content (AvgIpc) is 3.50. The fourth-order valence-electron chi connectivity index (χ4n) is 4.43. The van der Waals surface area contributed by atoms with E-state index in [1.54, 1.807) is 22.7 Å². The van der Waals surface area contributed by atoms with Crippen molar-refractivity contribution in [3.63, 3.8) is 0 Å².